The van der Waals surface area contributed by atoms with Crippen LogP contribution in [0.25, 0.3) is 0 Å². The molecule has 90 valence electrons. The first-order chi connectivity index (χ1) is 7.54. The van der Waals surface area contributed by atoms with Crippen molar-refractivity contribution in [2.24, 2.45) is 5.92 Å². The highest BCUT2D eigenvalue weighted by Gasteiger charge is 2.13. The first-order valence-corrected chi connectivity index (χ1v) is 6.01. The van der Waals surface area contributed by atoms with E-state index >= 15 is 0 Å². The maximum absolute atomic E-state index is 11.2. The first kappa shape index (κ1) is 13.3. The van der Waals surface area contributed by atoms with Gasteiger partial charge in [0.05, 0.1) is 6.33 Å². The summed E-state index contributed by atoms with van der Waals surface area (Å²) < 4.78 is 0. The average Bonchev–Trinajstić information content (AvgIpc) is 2.23. The van der Waals surface area contributed by atoms with E-state index in [1.165, 1.54) is 6.33 Å². The summed E-state index contributed by atoms with van der Waals surface area (Å²) in [6, 6.07) is 0.0634. The molecule has 0 amide bonds. The third-order valence-corrected chi connectivity index (χ3v) is 2.80. The van der Waals surface area contributed by atoms with Crippen molar-refractivity contribution in [1.82, 2.24) is 9.97 Å². The molecule has 16 heavy (non-hydrogen) atoms. The van der Waals surface area contributed by atoms with E-state index in [1.54, 1.807) is 0 Å². The molecule has 0 aromatic carbocycles. The molecule has 2 N–H and O–H groups in total. The van der Waals surface area contributed by atoms with Gasteiger partial charge in [-0.1, -0.05) is 25.4 Å². The van der Waals surface area contributed by atoms with E-state index in [0.717, 1.165) is 6.42 Å². The highest BCUT2D eigenvalue weighted by Crippen LogP contribution is 2.16. The van der Waals surface area contributed by atoms with Crippen LogP contribution < -0.4 is 10.9 Å². The molecule has 0 saturated heterocycles. The molecule has 0 aliphatic heterocycles. The predicted octanol–water partition coefficient (Wildman–Crippen LogP) is 2.49. The number of aromatic nitrogens is 2. The molecular formula is C10H15Cl2N3O. The second-order valence-electron chi connectivity index (χ2n) is 4.02. The summed E-state index contributed by atoms with van der Waals surface area (Å²) in [5.41, 5.74) is -0.350. The Balaban J connectivity index is 2.78. The highest BCUT2D eigenvalue weighted by molar-refractivity contribution is 6.32. The number of halogens is 2. The highest BCUT2D eigenvalue weighted by atomic mass is 35.5. The fraction of sp³-hybridized carbons (Fsp3) is 0.600. The number of alkyl halides is 1. The minimum Gasteiger partial charge on any atom is -0.365 e. The zero-order chi connectivity index (χ0) is 12.1. The van der Waals surface area contributed by atoms with Gasteiger partial charge in [-0.15, -0.1) is 11.6 Å². The van der Waals surface area contributed by atoms with E-state index in [9.17, 15) is 4.79 Å². The van der Waals surface area contributed by atoms with E-state index in [-0.39, 0.29) is 16.6 Å². The normalized spacial score (nSPS) is 12.8. The van der Waals surface area contributed by atoms with Crippen LogP contribution in [-0.4, -0.2) is 21.9 Å². The second kappa shape index (κ2) is 6.11. The minimum atomic E-state index is -0.350. The molecule has 1 heterocycles. The average molecular weight is 264 g/mol. The van der Waals surface area contributed by atoms with Crippen LogP contribution in [0, 0.1) is 5.92 Å². The lowest BCUT2D eigenvalue weighted by molar-refractivity contribution is 0.541. The zero-order valence-electron chi connectivity index (χ0n) is 9.26. The molecule has 1 atom stereocenters. The summed E-state index contributed by atoms with van der Waals surface area (Å²) in [6.45, 7) is 4.21. The third kappa shape index (κ3) is 3.68. The van der Waals surface area contributed by atoms with Gasteiger partial charge in [0.15, 0.2) is 5.82 Å². The minimum absolute atomic E-state index is 0.0634. The maximum Gasteiger partial charge on any atom is 0.271 e. The summed E-state index contributed by atoms with van der Waals surface area (Å²) >= 11 is 11.7. The number of hydrogen-bond donors (Lipinski definition) is 2. The van der Waals surface area contributed by atoms with Crippen LogP contribution >= 0.6 is 23.2 Å². The molecule has 1 aromatic heterocycles. The van der Waals surface area contributed by atoms with Gasteiger partial charge in [0.2, 0.25) is 0 Å². The van der Waals surface area contributed by atoms with E-state index in [0.29, 0.717) is 17.6 Å². The van der Waals surface area contributed by atoms with Gasteiger partial charge in [-0.2, -0.15) is 0 Å². The Kier molecular flexibility index (Phi) is 5.09. The Bertz CT molecular complexity index is 392. The van der Waals surface area contributed by atoms with Crippen molar-refractivity contribution in [2.75, 3.05) is 11.2 Å². The smallest absolute Gasteiger partial charge is 0.271 e. The largest absolute Gasteiger partial charge is 0.365 e. The Morgan fingerprint density at radius 3 is 2.81 bits per heavy atom. The van der Waals surface area contributed by atoms with E-state index in [4.69, 9.17) is 23.2 Å². The van der Waals surface area contributed by atoms with Crippen molar-refractivity contribution in [3.8, 4) is 0 Å². The van der Waals surface area contributed by atoms with Crippen molar-refractivity contribution < 1.29 is 0 Å². The first-order valence-electron chi connectivity index (χ1n) is 5.10. The van der Waals surface area contributed by atoms with Crippen molar-refractivity contribution in [1.29, 1.82) is 0 Å². The SMILES string of the molecule is CC(C)CC(CCl)Nc1nc[nH]c(=O)c1Cl. The van der Waals surface area contributed by atoms with Crippen molar-refractivity contribution in [3.05, 3.63) is 21.7 Å². The van der Waals surface area contributed by atoms with Gasteiger partial charge >= 0.3 is 0 Å². The summed E-state index contributed by atoms with van der Waals surface area (Å²) in [5.74, 6) is 1.34. The number of rotatable bonds is 5. The van der Waals surface area contributed by atoms with Gasteiger partial charge < -0.3 is 10.3 Å². The van der Waals surface area contributed by atoms with Crippen LogP contribution in [0.2, 0.25) is 5.02 Å². The molecule has 0 radical (unpaired) electrons. The molecule has 0 bridgehead atoms. The van der Waals surface area contributed by atoms with Crippen LogP contribution in [0.15, 0.2) is 11.1 Å². The maximum atomic E-state index is 11.2. The van der Waals surface area contributed by atoms with Gasteiger partial charge in [0.1, 0.15) is 5.02 Å². The molecule has 1 unspecified atom stereocenters. The molecule has 0 aliphatic carbocycles. The van der Waals surface area contributed by atoms with Crippen molar-refractivity contribution >= 4 is 29.0 Å². The number of anilines is 1. The number of aromatic amines is 1. The second-order valence-corrected chi connectivity index (χ2v) is 4.71. The van der Waals surface area contributed by atoms with Crippen LogP contribution in [-0.2, 0) is 0 Å². The Labute approximate surface area is 104 Å². The number of nitrogens with zero attached hydrogens (tertiary/aromatic N) is 1. The molecule has 1 aromatic rings. The lowest BCUT2D eigenvalue weighted by Crippen LogP contribution is -2.25. The lowest BCUT2D eigenvalue weighted by atomic mass is 10.1. The summed E-state index contributed by atoms with van der Waals surface area (Å²) in [6.07, 6.45) is 2.21. The molecule has 0 fully saturated rings. The Morgan fingerprint density at radius 2 is 2.25 bits per heavy atom. The summed E-state index contributed by atoms with van der Waals surface area (Å²) in [5, 5.41) is 3.14. The van der Waals surface area contributed by atoms with E-state index in [2.05, 4.69) is 29.1 Å². The number of H-pyrrole nitrogens is 1. The predicted molar refractivity (Wildman–Crippen MR) is 67.5 cm³/mol. The molecule has 6 heteroatoms. The van der Waals surface area contributed by atoms with Gasteiger partial charge in [-0.25, -0.2) is 4.98 Å². The van der Waals surface area contributed by atoms with Gasteiger partial charge in [0, 0.05) is 11.9 Å². The quantitative estimate of drug-likeness (QED) is 0.803. The van der Waals surface area contributed by atoms with Crippen LogP contribution in [0.1, 0.15) is 20.3 Å². The molecular weight excluding hydrogens is 249 g/mol. The van der Waals surface area contributed by atoms with Gasteiger partial charge in [-0.3, -0.25) is 4.79 Å². The summed E-state index contributed by atoms with van der Waals surface area (Å²) in [7, 11) is 0. The summed E-state index contributed by atoms with van der Waals surface area (Å²) in [4.78, 5) is 17.6. The Hall–Kier alpha value is -0.740. The van der Waals surface area contributed by atoms with E-state index in [1.807, 2.05) is 0 Å². The van der Waals surface area contributed by atoms with Crippen LogP contribution in [0.5, 0.6) is 0 Å². The monoisotopic (exact) mass is 263 g/mol. The van der Waals surface area contributed by atoms with Crippen LogP contribution in [0.3, 0.4) is 0 Å². The number of nitrogens with one attached hydrogen (secondary N) is 2. The zero-order valence-corrected chi connectivity index (χ0v) is 10.8. The van der Waals surface area contributed by atoms with E-state index < -0.39 is 0 Å². The molecule has 0 spiro atoms. The third-order valence-electron chi connectivity index (χ3n) is 2.08. The Morgan fingerprint density at radius 1 is 1.56 bits per heavy atom. The molecule has 0 aliphatic rings. The topological polar surface area (TPSA) is 57.8 Å². The van der Waals surface area contributed by atoms with Crippen molar-refractivity contribution in [3.63, 3.8) is 0 Å². The molecule has 1 rings (SSSR count). The fourth-order valence-electron chi connectivity index (χ4n) is 1.41. The standard InChI is InChI=1S/C10H15Cl2N3O/c1-6(2)3-7(4-11)15-9-8(12)10(16)14-5-13-9/h5-7H,3-4H2,1-2H3,(H2,13,14,15,16). The van der Waals surface area contributed by atoms with Gasteiger partial charge in [0.25, 0.3) is 5.56 Å². The fourth-order valence-corrected chi connectivity index (χ4v) is 1.77. The number of hydrogen-bond acceptors (Lipinski definition) is 3. The van der Waals surface area contributed by atoms with Gasteiger partial charge in [-0.05, 0) is 12.3 Å². The van der Waals surface area contributed by atoms with Crippen LogP contribution in [0.4, 0.5) is 5.82 Å². The molecule has 0 saturated carbocycles. The van der Waals surface area contributed by atoms with Crippen molar-refractivity contribution in [2.45, 2.75) is 26.3 Å². The molecule has 4 nitrogen and oxygen atoms in total. The lowest BCUT2D eigenvalue weighted by Gasteiger charge is -2.18.